The molecular weight excluding hydrogens is 164 g/mol. The molecule has 0 fully saturated rings. The van der Waals surface area contributed by atoms with E-state index in [-0.39, 0.29) is 18.3 Å². The molecule has 0 N–H and O–H groups in total. The Morgan fingerprint density at radius 3 is 1.64 bits per heavy atom. The largest absolute Gasteiger partial charge is 0.106 e. The van der Waals surface area contributed by atoms with E-state index in [0.717, 1.165) is 0 Å². The highest BCUT2D eigenvalue weighted by molar-refractivity contribution is 6.61. The predicted octanol–water partition coefficient (Wildman–Crippen LogP) is 2.33. The molecule has 0 heterocycles. The fraction of sp³-hybridized carbons (Fsp3) is 0.556. The highest BCUT2D eigenvalue weighted by Gasteiger charge is 1.79. The Hall–Kier alpha value is -0.0862. The fourth-order valence-corrected chi connectivity index (χ4v) is 1.86. The van der Waals surface area contributed by atoms with Gasteiger partial charge in [0, 0.05) is 9.52 Å². The lowest BCUT2D eigenvalue weighted by Gasteiger charge is -1.84. The smallest absolute Gasteiger partial charge is 0.0549 e. The predicted molar refractivity (Wildman–Crippen MR) is 62.9 cm³/mol. The van der Waals surface area contributed by atoms with Crippen molar-refractivity contribution < 1.29 is 0 Å². The van der Waals surface area contributed by atoms with E-state index in [1.807, 2.05) is 0 Å². The van der Waals surface area contributed by atoms with E-state index in [9.17, 15) is 0 Å². The zero-order valence-corrected chi connectivity index (χ0v) is 11.2. The van der Waals surface area contributed by atoms with Gasteiger partial charge >= 0.3 is 0 Å². The van der Waals surface area contributed by atoms with Crippen LogP contribution in [0, 0.1) is 0 Å². The van der Waals surface area contributed by atoms with Crippen LogP contribution >= 0.6 is 0 Å². The molecule has 0 aliphatic rings. The first-order valence-electron chi connectivity index (χ1n) is 4.42. The summed E-state index contributed by atoms with van der Waals surface area (Å²) in [4.78, 5) is 0. The fourth-order valence-electron chi connectivity index (χ4n) is 0.621. The number of hydrogen-bond donors (Lipinski definition) is 0. The summed E-state index contributed by atoms with van der Waals surface area (Å²) in [5.74, 6) is 0. The Bertz CT molecular complexity index is 104. The number of hydrogen-bond acceptors (Lipinski definition) is 0. The third kappa shape index (κ3) is 25.7. The van der Waals surface area contributed by atoms with E-state index in [4.69, 9.17) is 0 Å². The van der Waals surface area contributed by atoms with Gasteiger partial charge in [0.25, 0.3) is 0 Å². The molecule has 0 atom stereocenters. The highest BCUT2D eigenvalue weighted by Crippen LogP contribution is 1.78. The van der Waals surface area contributed by atoms with Crippen molar-refractivity contribution in [1.29, 1.82) is 0 Å². The van der Waals surface area contributed by atoms with Gasteiger partial charge in [-0.1, -0.05) is 31.8 Å². The number of rotatable bonds is 2. The van der Waals surface area contributed by atoms with Crippen LogP contribution in [0.25, 0.3) is 0 Å². The second-order valence-electron chi connectivity index (χ2n) is 2.75. The van der Waals surface area contributed by atoms with Crippen molar-refractivity contribution >= 4 is 18.3 Å². The summed E-state index contributed by atoms with van der Waals surface area (Å²) < 4.78 is 0. The molecule has 2 heteroatoms. The van der Waals surface area contributed by atoms with E-state index in [2.05, 4.69) is 57.0 Å². The molecule has 0 saturated heterocycles. The van der Waals surface area contributed by atoms with Crippen molar-refractivity contribution in [3.63, 3.8) is 0 Å². The summed E-state index contributed by atoms with van der Waals surface area (Å²) in [6.07, 6.45) is 4.25. The van der Waals surface area contributed by atoms with E-state index in [1.54, 1.807) is 0 Å². The molecule has 0 aromatic rings. The Morgan fingerprint density at radius 2 is 1.64 bits per heavy atom. The zero-order chi connectivity index (χ0) is 9.11. The summed E-state index contributed by atoms with van der Waals surface area (Å²) >= 11 is 0. The van der Waals surface area contributed by atoms with Crippen LogP contribution in [0.4, 0.5) is 0 Å². The second kappa shape index (κ2) is 12.6. The van der Waals surface area contributed by atoms with Crippen LogP contribution in [0.15, 0.2) is 23.6 Å². The third-order valence-corrected chi connectivity index (χ3v) is 3.15. The van der Waals surface area contributed by atoms with Gasteiger partial charge in [0.05, 0.1) is 8.80 Å². The van der Waals surface area contributed by atoms with Gasteiger partial charge in [0.15, 0.2) is 0 Å². The summed E-state index contributed by atoms with van der Waals surface area (Å²) in [6, 6.07) is 0. The molecule has 0 radical (unpaired) electrons. The van der Waals surface area contributed by atoms with E-state index in [1.165, 1.54) is 0 Å². The molecule has 0 amide bonds. The van der Waals surface area contributed by atoms with Crippen LogP contribution in [0.3, 0.4) is 0 Å². The monoisotopic (exact) mass is 186 g/mol. The van der Waals surface area contributed by atoms with Gasteiger partial charge in [-0.05, 0) is 13.8 Å². The molecule has 0 saturated carbocycles. The molecule has 11 heavy (non-hydrogen) atoms. The standard InChI is InChI=1S/C5H12Si.C4H10Si/c1-4-5-6(2)3;1-3-4-5-2/h4-6H,1-3H3;3-4H,5H2,1-2H3. The molecule has 0 aromatic carbocycles. The number of allylic oxidation sites excluding steroid dienone is 2. The molecule has 66 valence electrons. The Kier molecular flexibility index (Phi) is 15.4. The minimum atomic E-state index is -0.351. The van der Waals surface area contributed by atoms with Crippen LogP contribution in [0.2, 0.25) is 19.6 Å². The van der Waals surface area contributed by atoms with Crippen molar-refractivity contribution in [1.82, 2.24) is 0 Å². The summed E-state index contributed by atoms with van der Waals surface area (Å²) in [6.45, 7) is 11.0. The van der Waals surface area contributed by atoms with Crippen LogP contribution < -0.4 is 0 Å². The minimum Gasteiger partial charge on any atom is -0.106 e. The van der Waals surface area contributed by atoms with Gasteiger partial charge in [0.2, 0.25) is 0 Å². The molecule has 0 spiro atoms. The van der Waals surface area contributed by atoms with Gasteiger partial charge in [-0.25, -0.2) is 0 Å². The van der Waals surface area contributed by atoms with Gasteiger partial charge in [-0.15, -0.1) is 11.4 Å². The molecule has 0 nitrogen and oxygen atoms in total. The molecule has 0 aliphatic heterocycles. The normalized spacial score (nSPS) is 11.8. The first-order valence-corrected chi connectivity index (χ1v) is 9.63. The van der Waals surface area contributed by atoms with Crippen LogP contribution in [-0.4, -0.2) is 18.3 Å². The SMILES string of the molecule is CC=C[SiH2]C.CC=C[SiH](C)C. The Morgan fingerprint density at radius 1 is 1.09 bits per heavy atom. The molecule has 0 aromatic heterocycles. The van der Waals surface area contributed by atoms with E-state index >= 15 is 0 Å². The second-order valence-corrected chi connectivity index (χ2v) is 6.91. The lowest BCUT2D eigenvalue weighted by molar-refractivity contribution is 1.76. The summed E-state index contributed by atoms with van der Waals surface area (Å²) in [5.41, 5.74) is 4.57. The molecule has 0 unspecified atom stereocenters. The molecule has 0 rings (SSSR count). The maximum Gasteiger partial charge on any atom is 0.0549 e. The summed E-state index contributed by atoms with van der Waals surface area (Å²) in [5, 5.41) is 0. The Balaban J connectivity index is 0. The molecular formula is C9H22Si2. The van der Waals surface area contributed by atoms with Crippen molar-refractivity contribution in [3.8, 4) is 0 Å². The van der Waals surface area contributed by atoms with Gasteiger partial charge in [0.1, 0.15) is 0 Å². The molecule has 0 aliphatic carbocycles. The minimum absolute atomic E-state index is 0.233. The van der Waals surface area contributed by atoms with Crippen LogP contribution in [0.1, 0.15) is 13.8 Å². The van der Waals surface area contributed by atoms with Gasteiger partial charge in [-0.2, -0.15) is 0 Å². The van der Waals surface area contributed by atoms with Crippen molar-refractivity contribution in [2.75, 3.05) is 0 Å². The van der Waals surface area contributed by atoms with Crippen molar-refractivity contribution in [3.05, 3.63) is 23.6 Å². The lowest BCUT2D eigenvalue weighted by atomic mass is 10.8. The average Bonchev–Trinajstić information content (AvgIpc) is 1.90. The first-order chi connectivity index (χ1) is 5.18. The van der Waals surface area contributed by atoms with Gasteiger partial charge in [-0.3, -0.25) is 0 Å². The Labute approximate surface area is 75.8 Å². The van der Waals surface area contributed by atoms with Crippen molar-refractivity contribution in [2.45, 2.75) is 33.5 Å². The van der Waals surface area contributed by atoms with E-state index in [0.29, 0.717) is 0 Å². The van der Waals surface area contributed by atoms with Gasteiger partial charge < -0.3 is 0 Å². The van der Waals surface area contributed by atoms with E-state index < -0.39 is 0 Å². The van der Waals surface area contributed by atoms with Crippen LogP contribution in [0.5, 0.6) is 0 Å². The zero-order valence-electron chi connectivity index (χ0n) is 8.59. The molecule has 0 bridgehead atoms. The average molecular weight is 186 g/mol. The topological polar surface area (TPSA) is 0 Å². The maximum absolute atomic E-state index is 2.31. The third-order valence-electron chi connectivity index (χ3n) is 1.05. The maximum atomic E-state index is 2.31. The van der Waals surface area contributed by atoms with Crippen molar-refractivity contribution in [2.24, 2.45) is 0 Å². The highest BCUT2D eigenvalue weighted by atomic mass is 28.3. The summed E-state index contributed by atoms with van der Waals surface area (Å²) in [7, 11) is -0.118. The lowest BCUT2D eigenvalue weighted by Crippen LogP contribution is -1.90. The first kappa shape index (κ1) is 13.5. The van der Waals surface area contributed by atoms with Crippen LogP contribution in [-0.2, 0) is 0 Å². The quantitative estimate of drug-likeness (QED) is 0.581.